The van der Waals surface area contributed by atoms with E-state index < -0.39 is 0 Å². The Labute approximate surface area is 128 Å². The molecule has 0 unspecified atom stereocenters. The number of anilines is 2. The van der Waals surface area contributed by atoms with Gasteiger partial charge in [-0.1, -0.05) is 33.1 Å². The molecule has 2 aliphatic rings. The molecule has 1 spiro atoms. The van der Waals surface area contributed by atoms with Gasteiger partial charge in [0.25, 0.3) is 0 Å². The van der Waals surface area contributed by atoms with Crippen molar-refractivity contribution in [3.8, 4) is 0 Å². The van der Waals surface area contributed by atoms with E-state index in [1.165, 1.54) is 44.9 Å². The minimum absolute atomic E-state index is 0.388. The van der Waals surface area contributed by atoms with Crippen molar-refractivity contribution in [2.75, 3.05) is 23.7 Å². The highest BCUT2D eigenvalue weighted by Gasteiger charge is 2.36. The highest BCUT2D eigenvalue weighted by atomic mass is 15.4. The standard InChI is InChI=1S/C17H30N4/c1-13(2)15-14(18)16(20(3)19-15)21-11-9-17(10-12-21)7-5-4-6-8-17/h13H,4-12,18H2,1-3H3. The van der Waals surface area contributed by atoms with Crippen LogP contribution < -0.4 is 10.6 Å². The highest BCUT2D eigenvalue weighted by Crippen LogP contribution is 2.45. The van der Waals surface area contributed by atoms with Crippen LogP contribution in [0.2, 0.25) is 0 Å². The summed E-state index contributed by atoms with van der Waals surface area (Å²) in [4.78, 5) is 2.47. The number of rotatable bonds is 2. The van der Waals surface area contributed by atoms with Crippen molar-refractivity contribution < 1.29 is 0 Å². The number of piperidine rings is 1. The molecule has 1 aromatic heterocycles. The summed E-state index contributed by atoms with van der Waals surface area (Å²) in [6, 6.07) is 0. The van der Waals surface area contributed by atoms with E-state index in [-0.39, 0.29) is 0 Å². The van der Waals surface area contributed by atoms with E-state index in [1.54, 1.807) is 0 Å². The van der Waals surface area contributed by atoms with Gasteiger partial charge in [-0.25, -0.2) is 0 Å². The van der Waals surface area contributed by atoms with E-state index in [1.807, 2.05) is 11.7 Å². The minimum Gasteiger partial charge on any atom is -0.394 e. The Morgan fingerprint density at radius 3 is 2.19 bits per heavy atom. The van der Waals surface area contributed by atoms with Gasteiger partial charge in [0, 0.05) is 20.1 Å². The number of nitrogens with zero attached hydrogens (tertiary/aromatic N) is 3. The van der Waals surface area contributed by atoms with Gasteiger partial charge in [-0.3, -0.25) is 4.68 Å². The quantitative estimate of drug-likeness (QED) is 0.904. The lowest BCUT2D eigenvalue weighted by molar-refractivity contribution is 0.144. The topological polar surface area (TPSA) is 47.1 Å². The van der Waals surface area contributed by atoms with Gasteiger partial charge in [-0.15, -0.1) is 0 Å². The average Bonchev–Trinajstić information content (AvgIpc) is 2.77. The maximum absolute atomic E-state index is 6.38. The smallest absolute Gasteiger partial charge is 0.150 e. The Balaban J connectivity index is 1.75. The molecule has 1 aliphatic carbocycles. The van der Waals surface area contributed by atoms with Crippen LogP contribution in [-0.2, 0) is 7.05 Å². The van der Waals surface area contributed by atoms with Gasteiger partial charge < -0.3 is 10.6 Å². The molecule has 0 amide bonds. The summed E-state index contributed by atoms with van der Waals surface area (Å²) in [6.45, 7) is 6.61. The van der Waals surface area contributed by atoms with Gasteiger partial charge in [0.1, 0.15) is 5.82 Å². The van der Waals surface area contributed by atoms with E-state index in [0.717, 1.165) is 30.3 Å². The molecule has 0 bridgehead atoms. The molecule has 0 aromatic carbocycles. The Hall–Kier alpha value is -1.19. The molecule has 1 aliphatic heterocycles. The van der Waals surface area contributed by atoms with Crippen LogP contribution in [-0.4, -0.2) is 22.9 Å². The van der Waals surface area contributed by atoms with Crippen molar-refractivity contribution in [3.05, 3.63) is 5.69 Å². The number of aromatic nitrogens is 2. The lowest BCUT2D eigenvalue weighted by Gasteiger charge is -2.45. The summed E-state index contributed by atoms with van der Waals surface area (Å²) in [5.74, 6) is 1.53. The Bertz CT molecular complexity index is 487. The summed E-state index contributed by atoms with van der Waals surface area (Å²) in [7, 11) is 2.03. The molecule has 1 saturated carbocycles. The summed E-state index contributed by atoms with van der Waals surface area (Å²) >= 11 is 0. The second kappa shape index (κ2) is 5.54. The molecule has 0 radical (unpaired) electrons. The third kappa shape index (κ3) is 2.65. The van der Waals surface area contributed by atoms with Crippen LogP contribution in [0.1, 0.15) is 70.4 Å². The lowest BCUT2D eigenvalue weighted by Crippen LogP contribution is -2.42. The molecule has 118 valence electrons. The second-order valence-electron chi connectivity index (χ2n) is 7.45. The van der Waals surface area contributed by atoms with Gasteiger partial charge >= 0.3 is 0 Å². The maximum Gasteiger partial charge on any atom is 0.150 e. The van der Waals surface area contributed by atoms with Crippen LogP contribution in [0, 0.1) is 5.41 Å². The van der Waals surface area contributed by atoms with E-state index in [9.17, 15) is 0 Å². The molecule has 21 heavy (non-hydrogen) atoms. The van der Waals surface area contributed by atoms with E-state index >= 15 is 0 Å². The van der Waals surface area contributed by atoms with E-state index in [2.05, 4.69) is 23.8 Å². The van der Waals surface area contributed by atoms with Crippen molar-refractivity contribution in [2.45, 2.75) is 64.7 Å². The molecule has 2 fully saturated rings. The van der Waals surface area contributed by atoms with Crippen LogP contribution in [0.3, 0.4) is 0 Å². The molecule has 4 nitrogen and oxygen atoms in total. The molecule has 2 heterocycles. The first-order chi connectivity index (χ1) is 10.0. The van der Waals surface area contributed by atoms with Gasteiger partial charge in [0.05, 0.1) is 11.4 Å². The fraction of sp³-hybridized carbons (Fsp3) is 0.824. The van der Waals surface area contributed by atoms with Gasteiger partial charge in [0.2, 0.25) is 0 Å². The Kier molecular flexibility index (Phi) is 3.89. The van der Waals surface area contributed by atoms with Crippen molar-refractivity contribution in [2.24, 2.45) is 12.5 Å². The van der Waals surface area contributed by atoms with Gasteiger partial charge in [0.15, 0.2) is 0 Å². The van der Waals surface area contributed by atoms with Crippen molar-refractivity contribution in [1.82, 2.24) is 9.78 Å². The largest absolute Gasteiger partial charge is 0.394 e. The third-order valence-electron chi connectivity index (χ3n) is 5.67. The normalized spacial score (nSPS) is 22.2. The van der Waals surface area contributed by atoms with Crippen LogP contribution in [0.25, 0.3) is 0 Å². The molecular weight excluding hydrogens is 260 g/mol. The summed E-state index contributed by atoms with van der Waals surface area (Å²) in [5.41, 5.74) is 8.96. The predicted molar refractivity (Wildman–Crippen MR) is 88.7 cm³/mol. The van der Waals surface area contributed by atoms with Crippen molar-refractivity contribution in [1.29, 1.82) is 0 Å². The van der Waals surface area contributed by atoms with E-state index in [0.29, 0.717) is 11.3 Å². The van der Waals surface area contributed by atoms with E-state index in [4.69, 9.17) is 5.73 Å². The van der Waals surface area contributed by atoms with Crippen LogP contribution >= 0.6 is 0 Å². The molecule has 1 saturated heterocycles. The van der Waals surface area contributed by atoms with Crippen LogP contribution in [0.15, 0.2) is 0 Å². The van der Waals surface area contributed by atoms with Crippen molar-refractivity contribution in [3.63, 3.8) is 0 Å². The zero-order valence-electron chi connectivity index (χ0n) is 13.9. The number of nitrogens with two attached hydrogens (primary N) is 1. The zero-order valence-corrected chi connectivity index (χ0v) is 13.9. The summed E-state index contributed by atoms with van der Waals surface area (Å²) < 4.78 is 1.99. The lowest BCUT2D eigenvalue weighted by atomic mass is 9.68. The van der Waals surface area contributed by atoms with Gasteiger partial charge in [-0.2, -0.15) is 5.10 Å². The fourth-order valence-electron chi connectivity index (χ4n) is 4.35. The van der Waals surface area contributed by atoms with Crippen molar-refractivity contribution >= 4 is 11.5 Å². The third-order valence-corrected chi connectivity index (χ3v) is 5.67. The molecule has 2 N–H and O–H groups in total. The zero-order chi connectivity index (χ0) is 15.0. The molecule has 1 aromatic rings. The number of aryl methyl sites for hydroxylation is 1. The number of nitrogen functional groups attached to an aromatic ring is 1. The molecule has 4 heteroatoms. The predicted octanol–water partition coefficient (Wildman–Crippen LogP) is 3.68. The monoisotopic (exact) mass is 290 g/mol. The molecule has 0 atom stereocenters. The van der Waals surface area contributed by atoms with Gasteiger partial charge in [-0.05, 0) is 37.0 Å². The van der Waals surface area contributed by atoms with Crippen LogP contribution in [0.4, 0.5) is 11.5 Å². The summed E-state index contributed by atoms with van der Waals surface area (Å²) in [6.07, 6.45) is 9.86. The first kappa shape index (κ1) is 14.7. The van der Waals surface area contributed by atoms with Crippen LogP contribution in [0.5, 0.6) is 0 Å². The Morgan fingerprint density at radius 1 is 1.05 bits per heavy atom. The fourth-order valence-corrected chi connectivity index (χ4v) is 4.35. The highest BCUT2D eigenvalue weighted by molar-refractivity contribution is 5.67. The minimum atomic E-state index is 0.388. The Morgan fingerprint density at radius 2 is 1.67 bits per heavy atom. The second-order valence-corrected chi connectivity index (χ2v) is 7.45. The first-order valence-electron chi connectivity index (χ1n) is 8.60. The number of hydrogen-bond acceptors (Lipinski definition) is 3. The summed E-state index contributed by atoms with van der Waals surface area (Å²) in [5, 5.41) is 4.64. The molecule has 3 rings (SSSR count). The first-order valence-corrected chi connectivity index (χ1v) is 8.60. The SMILES string of the molecule is CC(C)c1nn(C)c(N2CCC3(CCCCC3)CC2)c1N. The number of hydrogen-bond donors (Lipinski definition) is 1. The maximum atomic E-state index is 6.38. The molecular formula is C17H30N4. The average molecular weight is 290 g/mol.